The number of amides is 1. The van der Waals surface area contributed by atoms with Crippen molar-refractivity contribution in [2.45, 2.75) is 13.0 Å². The summed E-state index contributed by atoms with van der Waals surface area (Å²) >= 11 is 0. The second-order valence-corrected chi connectivity index (χ2v) is 5.37. The van der Waals surface area contributed by atoms with Crippen LogP contribution in [0.1, 0.15) is 28.9 Å². The number of benzene rings is 2. The molecule has 0 spiro atoms. The molecule has 0 heterocycles. The zero-order valence-electron chi connectivity index (χ0n) is 15.1. The maximum Gasteiger partial charge on any atom is 0.251 e. The molecule has 134 valence electrons. The molecule has 2 aromatic carbocycles. The Morgan fingerprint density at radius 1 is 0.840 bits per heavy atom. The van der Waals surface area contributed by atoms with Gasteiger partial charge in [0.15, 0.2) is 11.5 Å². The molecule has 0 unspecified atom stereocenters. The van der Waals surface area contributed by atoms with Crippen LogP contribution in [-0.2, 0) is 0 Å². The molecule has 0 aromatic heterocycles. The van der Waals surface area contributed by atoms with Crippen LogP contribution in [0.25, 0.3) is 0 Å². The van der Waals surface area contributed by atoms with Gasteiger partial charge in [0.25, 0.3) is 5.91 Å². The molecule has 0 aliphatic rings. The Balaban J connectivity index is 2.23. The van der Waals surface area contributed by atoms with Gasteiger partial charge in [0.05, 0.1) is 34.5 Å². The van der Waals surface area contributed by atoms with E-state index in [2.05, 4.69) is 5.32 Å². The minimum absolute atomic E-state index is 0.224. The molecule has 0 aliphatic carbocycles. The summed E-state index contributed by atoms with van der Waals surface area (Å²) in [6.07, 6.45) is 0. The predicted molar refractivity (Wildman–Crippen MR) is 95.0 cm³/mol. The first kappa shape index (κ1) is 18.4. The molecular weight excluding hydrogens is 322 g/mol. The van der Waals surface area contributed by atoms with Crippen LogP contribution in [0.5, 0.6) is 23.0 Å². The number of hydrogen-bond acceptors (Lipinski definition) is 5. The number of carbonyl (C=O) groups excluding carboxylic acids is 1. The third-order valence-corrected chi connectivity index (χ3v) is 3.90. The van der Waals surface area contributed by atoms with Crippen LogP contribution < -0.4 is 24.3 Å². The Kier molecular flexibility index (Phi) is 6.11. The van der Waals surface area contributed by atoms with Gasteiger partial charge in [-0.2, -0.15) is 0 Å². The second kappa shape index (κ2) is 8.28. The van der Waals surface area contributed by atoms with Gasteiger partial charge >= 0.3 is 0 Å². The fraction of sp³-hybridized carbons (Fsp3) is 0.316. The van der Waals surface area contributed by atoms with Crippen molar-refractivity contribution in [3.05, 3.63) is 47.5 Å². The van der Waals surface area contributed by atoms with Gasteiger partial charge < -0.3 is 24.3 Å². The molecule has 0 radical (unpaired) electrons. The van der Waals surface area contributed by atoms with E-state index in [9.17, 15) is 4.79 Å². The average Bonchev–Trinajstić information content (AvgIpc) is 2.66. The van der Waals surface area contributed by atoms with Crippen LogP contribution in [0.3, 0.4) is 0 Å². The van der Waals surface area contributed by atoms with E-state index in [1.54, 1.807) is 39.5 Å². The number of ether oxygens (including phenoxy) is 4. The van der Waals surface area contributed by atoms with Crippen molar-refractivity contribution in [3.63, 3.8) is 0 Å². The predicted octanol–water partition coefficient (Wildman–Crippen LogP) is 3.21. The highest BCUT2D eigenvalue weighted by Crippen LogP contribution is 2.30. The summed E-state index contributed by atoms with van der Waals surface area (Å²) in [5.74, 6) is 2.23. The van der Waals surface area contributed by atoms with Crippen molar-refractivity contribution in [2.75, 3.05) is 28.4 Å². The maximum absolute atomic E-state index is 12.6. The number of carbonyl (C=O) groups is 1. The van der Waals surface area contributed by atoms with Crippen LogP contribution in [0, 0.1) is 0 Å². The fourth-order valence-electron chi connectivity index (χ4n) is 2.51. The van der Waals surface area contributed by atoms with Crippen LogP contribution in [-0.4, -0.2) is 34.3 Å². The molecule has 0 bridgehead atoms. The molecule has 6 heteroatoms. The van der Waals surface area contributed by atoms with Gasteiger partial charge in [-0.3, -0.25) is 4.79 Å². The van der Waals surface area contributed by atoms with E-state index >= 15 is 0 Å². The van der Waals surface area contributed by atoms with Gasteiger partial charge in [-0.1, -0.05) is 0 Å². The topological polar surface area (TPSA) is 66.0 Å². The Morgan fingerprint density at radius 2 is 1.48 bits per heavy atom. The smallest absolute Gasteiger partial charge is 0.251 e. The van der Waals surface area contributed by atoms with Gasteiger partial charge in [-0.15, -0.1) is 0 Å². The number of rotatable bonds is 7. The van der Waals surface area contributed by atoms with Gasteiger partial charge in [0.2, 0.25) is 0 Å². The highest BCUT2D eigenvalue weighted by Gasteiger charge is 2.17. The standard InChI is InChI=1S/C19H23NO5/c1-12(15-11-14(22-2)7-9-16(15)23-3)20-19(21)13-6-8-17(24-4)18(10-13)25-5/h6-12H,1-5H3,(H,20,21)/t12-/m1/s1. The van der Waals surface area contributed by atoms with Gasteiger partial charge in [0.1, 0.15) is 11.5 Å². The van der Waals surface area contributed by atoms with E-state index in [0.717, 1.165) is 5.56 Å². The number of hydrogen-bond donors (Lipinski definition) is 1. The molecule has 6 nitrogen and oxygen atoms in total. The van der Waals surface area contributed by atoms with E-state index < -0.39 is 0 Å². The van der Waals surface area contributed by atoms with Gasteiger partial charge in [-0.05, 0) is 43.3 Å². The van der Waals surface area contributed by atoms with Gasteiger partial charge in [-0.25, -0.2) is 0 Å². The highest BCUT2D eigenvalue weighted by molar-refractivity contribution is 5.95. The normalized spacial score (nSPS) is 11.4. The zero-order valence-corrected chi connectivity index (χ0v) is 15.1. The van der Waals surface area contributed by atoms with Crippen molar-refractivity contribution in [1.82, 2.24) is 5.32 Å². The molecule has 0 aliphatic heterocycles. The van der Waals surface area contributed by atoms with E-state index in [0.29, 0.717) is 28.6 Å². The Morgan fingerprint density at radius 3 is 2.08 bits per heavy atom. The summed E-state index contributed by atoms with van der Waals surface area (Å²) in [6.45, 7) is 1.88. The molecule has 1 atom stereocenters. The summed E-state index contributed by atoms with van der Waals surface area (Å²) in [5.41, 5.74) is 1.31. The third-order valence-electron chi connectivity index (χ3n) is 3.90. The third kappa shape index (κ3) is 4.15. The van der Waals surface area contributed by atoms with Gasteiger partial charge in [0, 0.05) is 11.1 Å². The summed E-state index contributed by atoms with van der Waals surface area (Å²) in [7, 11) is 6.27. The van der Waals surface area contributed by atoms with E-state index in [1.165, 1.54) is 7.11 Å². The highest BCUT2D eigenvalue weighted by atomic mass is 16.5. The monoisotopic (exact) mass is 345 g/mol. The second-order valence-electron chi connectivity index (χ2n) is 5.37. The lowest BCUT2D eigenvalue weighted by Gasteiger charge is -2.18. The molecule has 1 amide bonds. The first-order valence-corrected chi connectivity index (χ1v) is 7.78. The Bertz CT molecular complexity index is 745. The molecule has 0 saturated heterocycles. The minimum Gasteiger partial charge on any atom is -0.497 e. The molecule has 2 aromatic rings. The molecule has 1 N–H and O–H groups in total. The zero-order chi connectivity index (χ0) is 18.4. The average molecular weight is 345 g/mol. The number of methoxy groups -OCH3 is 4. The summed E-state index contributed by atoms with van der Waals surface area (Å²) in [6, 6.07) is 10.2. The van der Waals surface area contributed by atoms with Crippen molar-refractivity contribution in [1.29, 1.82) is 0 Å². The van der Waals surface area contributed by atoms with Crippen LogP contribution in [0.4, 0.5) is 0 Å². The first-order valence-electron chi connectivity index (χ1n) is 7.78. The summed E-state index contributed by atoms with van der Waals surface area (Å²) < 4.78 is 21.1. The summed E-state index contributed by atoms with van der Waals surface area (Å²) in [4.78, 5) is 12.6. The molecule has 0 saturated carbocycles. The molecule has 0 fully saturated rings. The summed E-state index contributed by atoms with van der Waals surface area (Å²) in [5, 5.41) is 2.96. The molecule has 2 rings (SSSR count). The van der Waals surface area contributed by atoms with E-state index in [1.807, 2.05) is 25.1 Å². The lowest BCUT2D eigenvalue weighted by molar-refractivity contribution is 0.0939. The van der Waals surface area contributed by atoms with Crippen molar-refractivity contribution in [2.24, 2.45) is 0 Å². The van der Waals surface area contributed by atoms with Crippen molar-refractivity contribution in [3.8, 4) is 23.0 Å². The van der Waals surface area contributed by atoms with Crippen molar-refractivity contribution < 1.29 is 23.7 Å². The van der Waals surface area contributed by atoms with Crippen molar-refractivity contribution >= 4 is 5.91 Å². The molecular formula is C19H23NO5. The number of nitrogens with one attached hydrogen (secondary N) is 1. The maximum atomic E-state index is 12.6. The Labute approximate surface area is 147 Å². The van der Waals surface area contributed by atoms with Crippen LogP contribution >= 0.6 is 0 Å². The Hall–Kier alpha value is -2.89. The van der Waals surface area contributed by atoms with Crippen LogP contribution in [0.2, 0.25) is 0 Å². The lowest BCUT2D eigenvalue weighted by Crippen LogP contribution is -2.27. The first-order chi connectivity index (χ1) is 12.0. The quantitative estimate of drug-likeness (QED) is 0.835. The minimum atomic E-state index is -0.273. The largest absolute Gasteiger partial charge is 0.497 e. The fourth-order valence-corrected chi connectivity index (χ4v) is 2.51. The molecule has 25 heavy (non-hydrogen) atoms. The van der Waals surface area contributed by atoms with Crippen LogP contribution in [0.15, 0.2) is 36.4 Å². The lowest BCUT2D eigenvalue weighted by atomic mass is 10.1. The SMILES string of the molecule is COc1ccc(OC)c([C@@H](C)NC(=O)c2ccc(OC)c(OC)c2)c1. The van der Waals surface area contributed by atoms with E-state index in [-0.39, 0.29) is 11.9 Å². The van der Waals surface area contributed by atoms with E-state index in [4.69, 9.17) is 18.9 Å².